The fourth-order valence-electron chi connectivity index (χ4n) is 1.57. The van der Waals surface area contributed by atoms with Gasteiger partial charge in [0.15, 0.2) is 5.69 Å². The first-order valence-electron chi connectivity index (χ1n) is 6.49. The molecule has 7 nitrogen and oxygen atoms in total. The van der Waals surface area contributed by atoms with Crippen molar-refractivity contribution in [1.82, 2.24) is 9.97 Å². The Balaban J connectivity index is 2.29. The first kappa shape index (κ1) is 17.2. The highest BCUT2D eigenvalue weighted by Gasteiger charge is 2.22. The van der Waals surface area contributed by atoms with Crippen LogP contribution in [-0.4, -0.2) is 37.2 Å². The van der Waals surface area contributed by atoms with E-state index in [0.29, 0.717) is 5.75 Å². The van der Waals surface area contributed by atoms with Crippen LogP contribution in [0.15, 0.2) is 35.6 Å². The average molecular weight is 357 g/mol. The summed E-state index contributed by atoms with van der Waals surface area (Å²) in [6, 6.07) is 6.26. The first-order valence-corrected chi connectivity index (χ1v) is 8.52. The summed E-state index contributed by atoms with van der Waals surface area (Å²) in [6.45, 7) is 1.45. The molecule has 0 fully saturated rings. The number of esters is 1. The minimum Gasteiger partial charge on any atom is -0.497 e. The number of benzene rings is 1. The zero-order chi connectivity index (χ0) is 17.0. The van der Waals surface area contributed by atoms with E-state index in [9.17, 15) is 13.2 Å². The molecule has 0 spiro atoms. The molecule has 0 unspecified atom stereocenters. The molecule has 1 aromatic heterocycles. The molecule has 0 N–H and O–H groups in total. The molecule has 1 aromatic carbocycles. The van der Waals surface area contributed by atoms with Crippen molar-refractivity contribution in [1.29, 1.82) is 0 Å². The Morgan fingerprint density at radius 2 is 1.83 bits per heavy atom. The molecule has 0 atom stereocenters. The van der Waals surface area contributed by atoms with Crippen molar-refractivity contribution in [3.05, 3.63) is 41.2 Å². The third kappa shape index (κ3) is 3.96. The van der Waals surface area contributed by atoms with Crippen molar-refractivity contribution in [3.8, 4) is 11.5 Å². The van der Waals surface area contributed by atoms with Crippen LogP contribution >= 0.6 is 11.6 Å². The van der Waals surface area contributed by atoms with Gasteiger partial charge < -0.3 is 9.47 Å². The van der Waals surface area contributed by atoms with E-state index in [1.165, 1.54) is 26.2 Å². The van der Waals surface area contributed by atoms with Gasteiger partial charge in [0, 0.05) is 0 Å². The molecule has 9 heteroatoms. The minimum absolute atomic E-state index is 0.0986. The molecule has 2 aromatic rings. The molecule has 0 bridgehead atoms. The van der Waals surface area contributed by atoms with E-state index in [0.717, 1.165) is 6.20 Å². The number of rotatable bonds is 5. The standard InChI is InChI=1S/C14H13ClN2O5S/c1-3-23(19,20)14-16-8-11(15)12(17-14)13(18)22-10-6-4-9(21-2)5-7-10/h4-8H,3H2,1-2H3. The van der Waals surface area contributed by atoms with Crippen LogP contribution in [0, 0.1) is 0 Å². The first-order chi connectivity index (χ1) is 10.9. The van der Waals surface area contributed by atoms with Crippen LogP contribution in [0.5, 0.6) is 11.5 Å². The smallest absolute Gasteiger partial charge is 0.364 e. The number of halogens is 1. The Hall–Kier alpha value is -2.19. The van der Waals surface area contributed by atoms with Gasteiger partial charge in [-0.3, -0.25) is 0 Å². The molecule has 0 aliphatic heterocycles. The van der Waals surface area contributed by atoms with Crippen LogP contribution in [0.25, 0.3) is 0 Å². The molecule has 0 aliphatic rings. The predicted molar refractivity (Wildman–Crippen MR) is 82.7 cm³/mol. The zero-order valence-electron chi connectivity index (χ0n) is 12.3. The van der Waals surface area contributed by atoms with E-state index in [2.05, 4.69) is 9.97 Å². The third-order valence-electron chi connectivity index (χ3n) is 2.84. The summed E-state index contributed by atoms with van der Waals surface area (Å²) in [5.74, 6) is -0.233. The van der Waals surface area contributed by atoms with Crippen molar-refractivity contribution in [3.63, 3.8) is 0 Å². The Bertz CT molecular complexity index is 822. The van der Waals surface area contributed by atoms with Crippen LogP contribution in [0.4, 0.5) is 0 Å². The second kappa shape index (κ2) is 6.93. The molecule has 0 saturated heterocycles. The number of methoxy groups -OCH3 is 1. The van der Waals surface area contributed by atoms with Gasteiger partial charge in [0.2, 0.25) is 15.0 Å². The zero-order valence-corrected chi connectivity index (χ0v) is 13.9. The van der Waals surface area contributed by atoms with Gasteiger partial charge in [-0.25, -0.2) is 23.2 Å². The molecule has 122 valence electrons. The lowest BCUT2D eigenvalue weighted by Crippen LogP contribution is -2.16. The van der Waals surface area contributed by atoms with Gasteiger partial charge >= 0.3 is 5.97 Å². The van der Waals surface area contributed by atoms with Crippen molar-refractivity contribution < 1.29 is 22.7 Å². The molecule has 0 saturated carbocycles. The van der Waals surface area contributed by atoms with Crippen LogP contribution < -0.4 is 9.47 Å². The summed E-state index contributed by atoms with van der Waals surface area (Å²) in [7, 11) is -2.15. The quantitative estimate of drug-likeness (QED) is 0.460. The highest BCUT2D eigenvalue weighted by atomic mass is 35.5. The Labute approximate surface area is 138 Å². The normalized spacial score (nSPS) is 11.1. The number of carbonyl (C=O) groups is 1. The van der Waals surface area contributed by atoms with Gasteiger partial charge in [0.1, 0.15) is 11.5 Å². The summed E-state index contributed by atoms with van der Waals surface area (Å²) in [5, 5.41) is -0.565. The number of ether oxygens (including phenoxy) is 2. The van der Waals surface area contributed by atoms with E-state index in [1.54, 1.807) is 12.1 Å². The maximum atomic E-state index is 12.1. The van der Waals surface area contributed by atoms with Gasteiger partial charge in [-0.05, 0) is 24.3 Å². The maximum Gasteiger partial charge on any atom is 0.364 e. The second-order valence-electron chi connectivity index (χ2n) is 4.32. The van der Waals surface area contributed by atoms with Gasteiger partial charge in [0.25, 0.3) is 0 Å². The Morgan fingerprint density at radius 1 is 1.22 bits per heavy atom. The largest absolute Gasteiger partial charge is 0.497 e. The highest BCUT2D eigenvalue weighted by molar-refractivity contribution is 7.91. The number of hydrogen-bond acceptors (Lipinski definition) is 7. The van der Waals surface area contributed by atoms with E-state index < -0.39 is 21.0 Å². The average Bonchev–Trinajstić information content (AvgIpc) is 2.55. The second-order valence-corrected chi connectivity index (χ2v) is 6.90. The fourth-order valence-corrected chi connectivity index (χ4v) is 2.44. The number of hydrogen-bond donors (Lipinski definition) is 0. The number of carbonyl (C=O) groups excluding carboxylic acids is 1. The number of nitrogens with zero attached hydrogens (tertiary/aromatic N) is 2. The number of sulfone groups is 1. The lowest BCUT2D eigenvalue weighted by atomic mass is 10.3. The van der Waals surface area contributed by atoms with Gasteiger partial charge in [-0.1, -0.05) is 18.5 Å². The summed E-state index contributed by atoms with van der Waals surface area (Å²) in [5.41, 5.74) is -0.315. The molecular formula is C14H13ClN2O5S. The van der Waals surface area contributed by atoms with Gasteiger partial charge in [0.05, 0.1) is 24.1 Å². The topological polar surface area (TPSA) is 95.5 Å². The third-order valence-corrected chi connectivity index (χ3v) is 4.63. The lowest BCUT2D eigenvalue weighted by molar-refractivity contribution is 0.0727. The Kier molecular flexibility index (Phi) is 5.17. The molecule has 0 amide bonds. The lowest BCUT2D eigenvalue weighted by Gasteiger charge is -2.07. The fraction of sp³-hybridized carbons (Fsp3) is 0.214. The van der Waals surface area contributed by atoms with Crippen LogP contribution in [0.1, 0.15) is 17.4 Å². The minimum atomic E-state index is -3.66. The highest BCUT2D eigenvalue weighted by Crippen LogP contribution is 2.20. The van der Waals surface area contributed by atoms with Crippen molar-refractivity contribution in [2.75, 3.05) is 12.9 Å². The van der Waals surface area contributed by atoms with Crippen LogP contribution in [0.2, 0.25) is 5.02 Å². The van der Waals surface area contributed by atoms with Crippen molar-refractivity contribution in [2.45, 2.75) is 12.1 Å². The molecule has 23 heavy (non-hydrogen) atoms. The van der Waals surface area contributed by atoms with Crippen molar-refractivity contribution in [2.24, 2.45) is 0 Å². The molecule has 0 radical (unpaired) electrons. The van der Waals surface area contributed by atoms with Crippen LogP contribution in [-0.2, 0) is 9.84 Å². The van der Waals surface area contributed by atoms with Crippen LogP contribution in [0.3, 0.4) is 0 Å². The molecule has 1 heterocycles. The maximum absolute atomic E-state index is 12.1. The molecular weight excluding hydrogens is 344 g/mol. The van der Waals surface area contributed by atoms with E-state index in [1.807, 2.05) is 0 Å². The monoisotopic (exact) mass is 356 g/mol. The molecule has 0 aliphatic carbocycles. The summed E-state index contributed by atoms with van der Waals surface area (Å²) in [4.78, 5) is 19.5. The van der Waals surface area contributed by atoms with E-state index in [4.69, 9.17) is 21.1 Å². The summed E-state index contributed by atoms with van der Waals surface area (Å²) < 4.78 is 33.7. The van der Waals surface area contributed by atoms with Crippen molar-refractivity contribution >= 4 is 27.4 Å². The summed E-state index contributed by atoms with van der Waals surface area (Å²) in [6.07, 6.45) is 1.06. The van der Waals surface area contributed by atoms with E-state index in [-0.39, 0.29) is 22.2 Å². The predicted octanol–water partition coefficient (Wildman–Crippen LogP) is 2.15. The SMILES string of the molecule is CCS(=O)(=O)c1ncc(Cl)c(C(=O)Oc2ccc(OC)cc2)n1. The Morgan fingerprint density at radius 3 is 2.39 bits per heavy atom. The van der Waals surface area contributed by atoms with Gasteiger partial charge in [-0.2, -0.15) is 0 Å². The molecule has 2 rings (SSSR count). The van der Waals surface area contributed by atoms with Gasteiger partial charge in [-0.15, -0.1) is 0 Å². The number of aromatic nitrogens is 2. The van der Waals surface area contributed by atoms with E-state index >= 15 is 0 Å². The summed E-state index contributed by atoms with van der Waals surface area (Å²) >= 11 is 5.86.